The largest absolute Gasteiger partial charge is 0.490 e. The Kier molecular flexibility index (Phi) is 9.74. The lowest BCUT2D eigenvalue weighted by Crippen LogP contribution is -2.38. The van der Waals surface area contributed by atoms with Gasteiger partial charge in [-0.25, -0.2) is 8.78 Å². The normalized spacial score (nSPS) is 10.8. The van der Waals surface area contributed by atoms with Crippen LogP contribution in [0.2, 0.25) is 0 Å². The molecule has 25 heavy (non-hydrogen) atoms. The Balaban J connectivity index is 2.97. The lowest BCUT2D eigenvalue weighted by molar-refractivity contribution is -0.133. The van der Waals surface area contributed by atoms with E-state index in [-0.39, 0.29) is 19.6 Å². The van der Waals surface area contributed by atoms with Crippen LogP contribution in [0.15, 0.2) is 16.6 Å². The molecule has 0 aliphatic rings. The molecular formula is C17H24BrF2NO4. The monoisotopic (exact) mass is 423 g/mol. The molecule has 0 atom stereocenters. The van der Waals surface area contributed by atoms with Crippen LogP contribution in [0.5, 0.6) is 11.5 Å². The van der Waals surface area contributed by atoms with Gasteiger partial charge in [0.2, 0.25) is 5.91 Å². The van der Waals surface area contributed by atoms with Crippen molar-refractivity contribution in [1.82, 2.24) is 4.90 Å². The molecule has 0 spiro atoms. The second kappa shape index (κ2) is 11.3. The molecule has 0 radical (unpaired) electrons. The number of rotatable bonds is 11. The highest BCUT2D eigenvalue weighted by atomic mass is 79.9. The molecule has 1 rings (SSSR count). The molecule has 1 aromatic carbocycles. The molecule has 0 saturated carbocycles. The Morgan fingerprint density at radius 1 is 1.20 bits per heavy atom. The van der Waals surface area contributed by atoms with E-state index >= 15 is 0 Å². The Hall–Kier alpha value is -1.41. The summed E-state index contributed by atoms with van der Waals surface area (Å²) in [4.78, 5) is 13.5. The number of hydrogen-bond acceptors (Lipinski definition) is 4. The summed E-state index contributed by atoms with van der Waals surface area (Å²) in [5, 5.41) is 0. The van der Waals surface area contributed by atoms with Crippen LogP contribution in [-0.2, 0) is 16.0 Å². The maximum atomic E-state index is 12.7. The molecule has 0 aliphatic carbocycles. The second-order valence-electron chi connectivity index (χ2n) is 5.16. The summed E-state index contributed by atoms with van der Waals surface area (Å²) < 4.78 is 42.0. The number of carbonyl (C=O) groups is 1. The maximum Gasteiger partial charge on any atom is 0.255 e. The average molecular weight is 424 g/mol. The van der Waals surface area contributed by atoms with Gasteiger partial charge >= 0.3 is 0 Å². The molecule has 142 valence electrons. The van der Waals surface area contributed by atoms with Crippen LogP contribution in [0.25, 0.3) is 0 Å². The van der Waals surface area contributed by atoms with Crippen molar-refractivity contribution in [3.05, 3.63) is 22.2 Å². The number of alkyl halides is 2. The van der Waals surface area contributed by atoms with Gasteiger partial charge in [-0.1, -0.05) is 15.9 Å². The third kappa shape index (κ3) is 7.15. The fourth-order valence-corrected chi connectivity index (χ4v) is 2.67. The van der Waals surface area contributed by atoms with Crippen LogP contribution in [0.3, 0.4) is 0 Å². The molecule has 0 heterocycles. The molecule has 0 aliphatic heterocycles. The highest BCUT2D eigenvalue weighted by Crippen LogP contribution is 2.34. The number of methoxy groups -OCH3 is 1. The molecule has 0 saturated heterocycles. The lowest BCUT2D eigenvalue weighted by atomic mass is 10.1. The number of amides is 1. The fourth-order valence-electron chi connectivity index (χ4n) is 2.21. The molecule has 5 nitrogen and oxygen atoms in total. The first-order chi connectivity index (χ1) is 11.9. The quantitative estimate of drug-likeness (QED) is 0.546. The first-order valence-electron chi connectivity index (χ1n) is 8.05. The van der Waals surface area contributed by atoms with E-state index in [4.69, 9.17) is 14.2 Å². The standard InChI is InChI=1S/C17H24BrF2NO4/c1-4-24-14-8-12(13(18)10-15(14)25-5-2)9-17(22)21(6-7-23-3)11-16(19)20/h8,10,16H,4-7,9,11H2,1-3H3. The number of carbonyl (C=O) groups excluding carboxylic acids is 1. The van der Waals surface area contributed by atoms with E-state index in [0.29, 0.717) is 34.7 Å². The summed E-state index contributed by atoms with van der Waals surface area (Å²) in [6, 6.07) is 3.43. The predicted molar refractivity (Wildman–Crippen MR) is 94.6 cm³/mol. The zero-order chi connectivity index (χ0) is 18.8. The van der Waals surface area contributed by atoms with E-state index in [9.17, 15) is 13.6 Å². The van der Waals surface area contributed by atoms with Gasteiger partial charge in [-0.2, -0.15) is 0 Å². The number of ether oxygens (including phenoxy) is 3. The number of benzene rings is 1. The molecule has 0 bridgehead atoms. The van der Waals surface area contributed by atoms with Crippen LogP contribution in [-0.4, -0.2) is 57.3 Å². The van der Waals surface area contributed by atoms with Crippen molar-refractivity contribution in [2.45, 2.75) is 26.7 Å². The Bertz CT molecular complexity index is 558. The van der Waals surface area contributed by atoms with Gasteiger partial charge in [0.1, 0.15) is 0 Å². The van der Waals surface area contributed by atoms with Gasteiger partial charge in [0.25, 0.3) is 6.43 Å². The van der Waals surface area contributed by atoms with Crippen molar-refractivity contribution >= 4 is 21.8 Å². The van der Waals surface area contributed by atoms with Crippen molar-refractivity contribution in [3.63, 3.8) is 0 Å². The van der Waals surface area contributed by atoms with Crippen LogP contribution in [0.1, 0.15) is 19.4 Å². The van der Waals surface area contributed by atoms with Crippen LogP contribution in [0, 0.1) is 0 Å². The minimum Gasteiger partial charge on any atom is -0.490 e. The van der Waals surface area contributed by atoms with E-state index in [0.717, 1.165) is 4.90 Å². The Labute approximate surface area is 155 Å². The van der Waals surface area contributed by atoms with Crippen LogP contribution < -0.4 is 9.47 Å². The summed E-state index contributed by atoms with van der Waals surface area (Å²) in [7, 11) is 1.46. The van der Waals surface area contributed by atoms with Crippen molar-refractivity contribution in [2.24, 2.45) is 0 Å². The van der Waals surface area contributed by atoms with E-state index in [2.05, 4.69) is 15.9 Å². The van der Waals surface area contributed by atoms with E-state index in [1.807, 2.05) is 13.8 Å². The van der Waals surface area contributed by atoms with Gasteiger partial charge in [0, 0.05) is 18.1 Å². The van der Waals surface area contributed by atoms with Crippen molar-refractivity contribution in [1.29, 1.82) is 0 Å². The summed E-state index contributed by atoms with van der Waals surface area (Å²) in [5.74, 6) is 0.688. The topological polar surface area (TPSA) is 48.0 Å². The smallest absolute Gasteiger partial charge is 0.255 e. The first-order valence-corrected chi connectivity index (χ1v) is 8.85. The molecule has 0 N–H and O–H groups in total. The summed E-state index contributed by atoms with van der Waals surface area (Å²) >= 11 is 3.40. The molecule has 0 aromatic heterocycles. The van der Waals surface area contributed by atoms with Gasteiger partial charge in [-0.3, -0.25) is 4.79 Å². The molecule has 1 aromatic rings. The third-order valence-corrected chi connectivity index (χ3v) is 4.07. The first kappa shape index (κ1) is 21.6. The SMILES string of the molecule is CCOc1cc(Br)c(CC(=O)N(CCOC)CC(F)F)cc1OCC. The zero-order valence-electron chi connectivity index (χ0n) is 14.7. The van der Waals surface area contributed by atoms with Gasteiger partial charge in [-0.15, -0.1) is 0 Å². The highest BCUT2D eigenvalue weighted by Gasteiger charge is 2.20. The second-order valence-corrected chi connectivity index (χ2v) is 6.01. The molecule has 8 heteroatoms. The van der Waals surface area contributed by atoms with Gasteiger partial charge in [-0.05, 0) is 31.5 Å². The fraction of sp³-hybridized carbons (Fsp3) is 0.588. The van der Waals surface area contributed by atoms with Crippen LogP contribution in [0.4, 0.5) is 8.78 Å². The number of halogens is 3. The minimum atomic E-state index is -2.59. The van der Waals surface area contributed by atoms with Gasteiger partial charge < -0.3 is 19.1 Å². The predicted octanol–water partition coefficient (Wildman–Crippen LogP) is 3.53. The number of hydrogen-bond donors (Lipinski definition) is 0. The molecule has 1 amide bonds. The van der Waals surface area contributed by atoms with E-state index in [1.54, 1.807) is 12.1 Å². The van der Waals surface area contributed by atoms with Crippen LogP contribution >= 0.6 is 15.9 Å². The minimum absolute atomic E-state index is 0.0243. The lowest BCUT2D eigenvalue weighted by Gasteiger charge is -2.22. The molecule has 0 fully saturated rings. The van der Waals surface area contributed by atoms with Gasteiger partial charge in [0.15, 0.2) is 11.5 Å². The van der Waals surface area contributed by atoms with Crippen molar-refractivity contribution < 1.29 is 27.8 Å². The van der Waals surface area contributed by atoms with Crippen molar-refractivity contribution in [3.8, 4) is 11.5 Å². The third-order valence-electron chi connectivity index (χ3n) is 3.33. The maximum absolute atomic E-state index is 12.7. The Morgan fingerprint density at radius 2 is 1.80 bits per heavy atom. The molecule has 0 unspecified atom stereocenters. The van der Waals surface area contributed by atoms with Gasteiger partial charge in [0.05, 0.1) is 32.8 Å². The summed E-state index contributed by atoms with van der Waals surface area (Å²) in [6.45, 7) is 4.33. The highest BCUT2D eigenvalue weighted by molar-refractivity contribution is 9.10. The summed E-state index contributed by atoms with van der Waals surface area (Å²) in [6.07, 6.45) is -2.62. The van der Waals surface area contributed by atoms with Crippen molar-refractivity contribution in [2.75, 3.05) is 40.0 Å². The number of nitrogens with zero attached hydrogens (tertiary/aromatic N) is 1. The van der Waals surface area contributed by atoms with E-state index < -0.39 is 18.9 Å². The van der Waals surface area contributed by atoms with E-state index in [1.165, 1.54) is 7.11 Å². The average Bonchev–Trinajstić information content (AvgIpc) is 2.55. The summed E-state index contributed by atoms with van der Waals surface area (Å²) in [5.41, 5.74) is 0.647. The zero-order valence-corrected chi connectivity index (χ0v) is 16.3. The molecular weight excluding hydrogens is 400 g/mol. The Morgan fingerprint density at radius 3 is 2.32 bits per heavy atom.